The molecule has 0 saturated heterocycles. The second kappa shape index (κ2) is 10.1. The lowest BCUT2D eigenvalue weighted by molar-refractivity contribution is -0.274. The van der Waals surface area contributed by atoms with E-state index in [0.29, 0.717) is 6.54 Å². The first-order valence-electron chi connectivity index (χ1n) is 6.50. The molecule has 1 aromatic rings. The number of hydrogen-bond acceptors (Lipinski definition) is 3. The highest BCUT2D eigenvalue weighted by molar-refractivity contribution is 14.0. The molecular formula is C13H18F3IN4O2. The summed E-state index contributed by atoms with van der Waals surface area (Å²) in [7, 11) is 0. The number of rotatable bonds is 6. The van der Waals surface area contributed by atoms with E-state index in [1.807, 2.05) is 6.92 Å². The van der Waals surface area contributed by atoms with Gasteiger partial charge in [-0.2, -0.15) is 0 Å². The Kier molecular flexibility index (Phi) is 9.37. The lowest BCUT2D eigenvalue weighted by atomic mass is 10.3. The summed E-state index contributed by atoms with van der Waals surface area (Å²) in [5.74, 6) is -0.958. The fourth-order valence-electron chi connectivity index (χ4n) is 1.44. The van der Waals surface area contributed by atoms with Crippen LogP contribution in [0.3, 0.4) is 0 Å². The first-order chi connectivity index (χ1) is 10.3. The number of nitrogens with zero attached hydrogens (tertiary/aromatic N) is 1. The zero-order valence-corrected chi connectivity index (χ0v) is 14.6. The van der Waals surface area contributed by atoms with Crippen LogP contribution in [-0.2, 0) is 4.79 Å². The van der Waals surface area contributed by atoms with Crippen LogP contribution in [0.1, 0.15) is 13.3 Å². The summed E-state index contributed by atoms with van der Waals surface area (Å²) in [5, 5.41) is 5.06. The van der Waals surface area contributed by atoms with Crippen LogP contribution in [0.25, 0.3) is 0 Å². The van der Waals surface area contributed by atoms with E-state index >= 15 is 0 Å². The minimum atomic E-state index is -4.82. The Morgan fingerprint density at radius 3 is 2.61 bits per heavy atom. The number of carbonyl (C=O) groups is 1. The number of ether oxygens (including phenoxy) is 1. The Bertz CT molecular complexity index is 538. The van der Waals surface area contributed by atoms with Gasteiger partial charge in [-0.1, -0.05) is 19.1 Å². The van der Waals surface area contributed by atoms with Gasteiger partial charge in [-0.25, -0.2) is 4.99 Å². The van der Waals surface area contributed by atoms with Crippen molar-refractivity contribution >= 4 is 41.5 Å². The second-order valence-electron chi connectivity index (χ2n) is 4.22. The lowest BCUT2D eigenvalue weighted by Crippen LogP contribution is -2.29. The van der Waals surface area contributed by atoms with Gasteiger partial charge in [0.2, 0.25) is 5.91 Å². The maximum Gasteiger partial charge on any atom is 0.573 e. The van der Waals surface area contributed by atoms with Crippen molar-refractivity contribution in [1.82, 2.24) is 5.32 Å². The van der Waals surface area contributed by atoms with Crippen molar-refractivity contribution in [3.05, 3.63) is 24.3 Å². The van der Waals surface area contributed by atoms with E-state index < -0.39 is 12.1 Å². The highest BCUT2D eigenvalue weighted by Gasteiger charge is 2.32. The van der Waals surface area contributed by atoms with Gasteiger partial charge in [0.05, 0.1) is 5.69 Å². The van der Waals surface area contributed by atoms with E-state index in [1.165, 1.54) is 18.2 Å². The molecule has 1 rings (SSSR count). The van der Waals surface area contributed by atoms with Crippen molar-refractivity contribution in [1.29, 1.82) is 0 Å². The number of benzene rings is 1. The molecule has 10 heteroatoms. The number of carbonyl (C=O) groups excluding carboxylic acids is 1. The molecule has 0 unspecified atom stereocenters. The Balaban J connectivity index is 0.00000484. The summed E-state index contributed by atoms with van der Waals surface area (Å²) in [6.45, 7) is 2.20. The van der Waals surface area contributed by atoms with Crippen LogP contribution in [0.4, 0.5) is 18.9 Å². The predicted molar refractivity (Wildman–Crippen MR) is 92.0 cm³/mol. The average molecular weight is 446 g/mol. The summed E-state index contributed by atoms with van der Waals surface area (Å²) in [6.07, 6.45) is -4.03. The molecule has 6 nitrogen and oxygen atoms in total. The quantitative estimate of drug-likeness (QED) is 0.356. The molecule has 23 heavy (non-hydrogen) atoms. The number of nitrogens with two attached hydrogens (primary N) is 1. The molecular weight excluding hydrogens is 428 g/mol. The van der Waals surface area contributed by atoms with Crippen LogP contribution in [-0.4, -0.2) is 31.3 Å². The summed E-state index contributed by atoms with van der Waals surface area (Å²) in [5.41, 5.74) is 5.53. The van der Waals surface area contributed by atoms with Crippen molar-refractivity contribution < 1.29 is 22.7 Å². The Morgan fingerprint density at radius 1 is 1.35 bits per heavy atom. The highest BCUT2D eigenvalue weighted by Crippen LogP contribution is 2.29. The van der Waals surface area contributed by atoms with Crippen molar-refractivity contribution in [3.63, 3.8) is 0 Å². The molecule has 0 radical (unpaired) electrons. The number of anilines is 1. The lowest BCUT2D eigenvalue weighted by Gasteiger charge is -2.14. The largest absolute Gasteiger partial charge is 0.573 e. The SMILES string of the molecule is CCCNC(=O)CN=C(N)Nc1ccccc1OC(F)(F)F.I. The molecule has 4 N–H and O–H groups in total. The Hall–Kier alpha value is -1.72. The third kappa shape index (κ3) is 9.11. The first-order valence-corrected chi connectivity index (χ1v) is 6.50. The standard InChI is InChI=1S/C13H17F3N4O2.HI/c1-2-7-18-11(21)8-19-12(17)20-9-5-3-4-6-10(9)22-13(14,15)16;/h3-6H,2,7-8H2,1H3,(H,18,21)(H3,17,19,20);1H. The number of guanidine groups is 1. The molecule has 1 amide bonds. The van der Waals surface area contributed by atoms with Crippen molar-refractivity contribution in [2.45, 2.75) is 19.7 Å². The van der Waals surface area contributed by atoms with E-state index in [4.69, 9.17) is 5.73 Å². The molecule has 130 valence electrons. The average Bonchev–Trinajstić information content (AvgIpc) is 2.43. The molecule has 1 aromatic carbocycles. The molecule has 0 heterocycles. The maximum absolute atomic E-state index is 12.3. The smallest absolute Gasteiger partial charge is 0.404 e. The summed E-state index contributed by atoms with van der Waals surface area (Å²) < 4.78 is 40.7. The minimum absolute atomic E-state index is 0. The van der Waals surface area contributed by atoms with Gasteiger partial charge in [0.15, 0.2) is 11.7 Å². The summed E-state index contributed by atoms with van der Waals surface area (Å²) in [4.78, 5) is 15.1. The number of alkyl halides is 3. The van der Waals surface area contributed by atoms with E-state index in [-0.39, 0.29) is 48.1 Å². The number of amides is 1. The van der Waals surface area contributed by atoms with Gasteiger partial charge in [0.1, 0.15) is 6.54 Å². The van der Waals surface area contributed by atoms with Gasteiger partial charge >= 0.3 is 6.36 Å². The van der Waals surface area contributed by atoms with E-state index in [0.717, 1.165) is 12.5 Å². The van der Waals surface area contributed by atoms with Crippen LogP contribution in [0.2, 0.25) is 0 Å². The van der Waals surface area contributed by atoms with Gasteiger partial charge < -0.3 is 21.1 Å². The van der Waals surface area contributed by atoms with Gasteiger partial charge in [-0.05, 0) is 18.6 Å². The number of hydrogen-bond donors (Lipinski definition) is 3. The topological polar surface area (TPSA) is 88.7 Å². The van der Waals surface area contributed by atoms with Crippen LogP contribution >= 0.6 is 24.0 Å². The van der Waals surface area contributed by atoms with Gasteiger partial charge in [-0.15, -0.1) is 37.1 Å². The molecule has 0 atom stereocenters. The molecule has 0 fully saturated rings. The second-order valence-corrected chi connectivity index (χ2v) is 4.22. The Labute approximate surface area is 148 Å². The summed E-state index contributed by atoms with van der Waals surface area (Å²) >= 11 is 0. The van der Waals surface area contributed by atoms with E-state index in [1.54, 1.807) is 0 Å². The number of halogens is 4. The Morgan fingerprint density at radius 2 is 2.00 bits per heavy atom. The number of aliphatic imine (C=N–C) groups is 1. The van der Waals surface area contributed by atoms with E-state index in [2.05, 4.69) is 20.4 Å². The van der Waals surface area contributed by atoms with Gasteiger partial charge in [0, 0.05) is 6.54 Å². The zero-order valence-electron chi connectivity index (χ0n) is 12.3. The van der Waals surface area contributed by atoms with Crippen molar-refractivity contribution in [3.8, 4) is 5.75 Å². The number of para-hydroxylation sites is 2. The van der Waals surface area contributed by atoms with Gasteiger partial charge in [-0.3, -0.25) is 4.79 Å². The molecule has 0 aromatic heterocycles. The number of nitrogens with one attached hydrogen (secondary N) is 2. The molecule has 0 aliphatic rings. The minimum Gasteiger partial charge on any atom is -0.404 e. The highest BCUT2D eigenvalue weighted by atomic mass is 127. The van der Waals surface area contributed by atoms with Gasteiger partial charge in [0.25, 0.3) is 0 Å². The third-order valence-corrected chi connectivity index (χ3v) is 2.34. The van der Waals surface area contributed by atoms with Crippen LogP contribution < -0.4 is 21.1 Å². The molecule has 0 aliphatic carbocycles. The predicted octanol–water partition coefficient (Wildman–Crippen LogP) is 2.46. The van der Waals surface area contributed by atoms with E-state index in [9.17, 15) is 18.0 Å². The molecule has 0 saturated carbocycles. The molecule has 0 bridgehead atoms. The fraction of sp³-hybridized carbons (Fsp3) is 0.385. The normalized spacial score (nSPS) is 11.4. The summed E-state index contributed by atoms with van der Waals surface area (Å²) in [6, 6.07) is 5.38. The third-order valence-electron chi connectivity index (χ3n) is 2.34. The zero-order chi connectivity index (χ0) is 16.6. The maximum atomic E-state index is 12.3. The van der Waals surface area contributed by atoms with Crippen LogP contribution in [0.5, 0.6) is 5.75 Å². The van der Waals surface area contributed by atoms with Crippen LogP contribution in [0, 0.1) is 0 Å². The molecule has 0 aliphatic heterocycles. The van der Waals surface area contributed by atoms with Crippen LogP contribution in [0.15, 0.2) is 29.3 Å². The molecule has 0 spiro atoms. The van der Waals surface area contributed by atoms with Crippen molar-refractivity contribution in [2.24, 2.45) is 10.7 Å². The monoisotopic (exact) mass is 446 g/mol. The fourth-order valence-corrected chi connectivity index (χ4v) is 1.44. The van der Waals surface area contributed by atoms with Crippen molar-refractivity contribution in [2.75, 3.05) is 18.4 Å². The first kappa shape index (κ1) is 21.3.